The second-order valence-corrected chi connectivity index (χ2v) is 8.37. The molecule has 2 aromatic heterocycles. The summed E-state index contributed by atoms with van der Waals surface area (Å²) in [5.74, 6) is 1.49. The summed E-state index contributed by atoms with van der Waals surface area (Å²) in [4.78, 5) is 33.8. The molecular formula is C21H19Cl2LiO8S2. The monoisotopic (exact) mass is 540 g/mol. The summed E-state index contributed by atoms with van der Waals surface area (Å²) in [6, 6.07) is 12.0. The van der Waals surface area contributed by atoms with Gasteiger partial charge in [-0.2, -0.15) is 19.2 Å². The Labute approximate surface area is 225 Å². The van der Waals surface area contributed by atoms with Crippen molar-refractivity contribution >= 4 is 78.4 Å². The smallest absolute Gasteiger partial charge is 0.870 e. The van der Waals surface area contributed by atoms with Gasteiger partial charge in [0.05, 0.1) is 23.6 Å². The molecule has 0 fully saturated rings. The average molecular weight is 541 g/mol. The van der Waals surface area contributed by atoms with Crippen molar-refractivity contribution in [3.63, 3.8) is 0 Å². The van der Waals surface area contributed by atoms with Gasteiger partial charge in [-0.25, -0.2) is 0 Å². The first-order chi connectivity index (χ1) is 14.9. The number of carbonyl (C=O) groups excluding carboxylic acids is 4. The van der Waals surface area contributed by atoms with Gasteiger partial charge < -0.3 is 20.4 Å². The molecule has 2 heterocycles. The molecule has 13 heteroatoms. The molecule has 0 saturated carbocycles. The maximum absolute atomic E-state index is 8.12. The predicted molar refractivity (Wildman–Crippen MR) is 127 cm³/mol. The predicted octanol–water partition coefficient (Wildman–Crippen LogP) is 2.27. The number of hydrogen-bond donors (Lipinski definition) is 0. The van der Waals surface area contributed by atoms with Crippen molar-refractivity contribution in [1.82, 2.24) is 0 Å². The molecule has 3 N–H and O–H groups in total. The maximum atomic E-state index is 8.12. The van der Waals surface area contributed by atoms with Crippen LogP contribution in [0.25, 0.3) is 20.2 Å². The van der Waals surface area contributed by atoms with E-state index in [0.29, 0.717) is 5.02 Å². The van der Waals surface area contributed by atoms with Crippen molar-refractivity contribution in [1.29, 1.82) is 0 Å². The number of hydrogen-bond acceptors (Lipinski definition) is 9. The maximum Gasteiger partial charge on any atom is 1.00 e. The first kappa shape index (κ1) is 36.4. The SMILES string of the molecule is COc1ccc2cc(C)sc2c1Cl.COc1ccc2ccsc2c1Cl.O.O=C=O.O=C=O.[Li+].[OH-]. The summed E-state index contributed by atoms with van der Waals surface area (Å²) in [6.07, 6.45) is 0.500. The van der Waals surface area contributed by atoms with E-state index in [1.807, 2.05) is 35.7 Å². The first-order valence-electron chi connectivity index (χ1n) is 8.29. The van der Waals surface area contributed by atoms with Crippen LogP contribution in [0.15, 0.2) is 41.8 Å². The van der Waals surface area contributed by atoms with Crippen LogP contribution in [0.1, 0.15) is 4.88 Å². The zero-order valence-electron chi connectivity index (χ0n) is 18.5. The molecular weight excluding hydrogens is 522 g/mol. The molecule has 34 heavy (non-hydrogen) atoms. The van der Waals surface area contributed by atoms with Crippen LogP contribution in [0.3, 0.4) is 0 Å². The van der Waals surface area contributed by atoms with Gasteiger partial charge in [0.15, 0.2) is 0 Å². The third-order valence-corrected chi connectivity index (χ3v) is 6.69. The minimum Gasteiger partial charge on any atom is -0.870 e. The Morgan fingerprint density at radius 3 is 1.71 bits per heavy atom. The van der Waals surface area contributed by atoms with Crippen LogP contribution in [0, 0.1) is 6.92 Å². The van der Waals surface area contributed by atoms with E-state index >= 15 is 0 Å². The number of ether oxygens (including phenoxy) is 2. The molecule has 8 nitrogen and oxygen atoms in total. The van der Waals surface area contributed by atoms with Crippen molar-refractivity contribution in [3.05, 3.63) is 56.7 Å². The Bertz CT molecular complexity index is 1200. The van der Waals surface area contributed by atoms with E-state index in [1.54, 1.807) is 36.9 Å². The fourth-order valence-electron chi connectivity index (χ4n) is 2.47. The van der Waals surface area contributed by atoms with Gasteiger partial charge in [0, 0.05) is 4.88 Å². The Morgan fingerprint density at radius 1 is 0.794 bits per heavy atom. The zero-order valence-corrected chi connectivity index (χ0v) is 21.7. The van der Waals surface area contributed by atoms with Crippen molar-refractivity contribution < 1.29 is 58.5 Å². The quantitative estimate of drug-likeness (QED) is 0.354. The molecule has 0 aliphatic carbocycles. The van der Waals surface area contributed by atoms with Crippen LogP contribution in [0.5, 0.6) is 11.5 Å². The Balaban J connectivity index is -0.000000430. The first-order valence-corrected chi connectivity index (χ1v) is 10.7. The van der Waals surface area contributed by atoms with E-state index in [0.717, 1.165) is 25.9 Å². The average Bonchev–Trinajstić information content (AvgIpc) is 3.37. The summed E-state index contributed by atoms with van der Waals surface area (Å²) >= 11 is 15.5. The molecule has 178 valence electrons. The van der Waals surface area contributed by atoms with Crippen LogP contribution < -0.4 is 28.3 Å². The molecule has 0 spiro atoms. The molecule has 2 aromatic carbocycles. The third-order valence-electron chi connectivity index (χ3n) is 3.68. The minimum absolute atomic E-state index is 0. The molecule has 0 atom stereocenters. The summed E-state index contributed by atoms with van der Waals surface area (Å²) in [5.41, 5.74) is 0. The second kappa shape index (κ2) is 19.2. The van der Waals surface area contributed by atoms with E-state index in [2.05, 4.69) is 13.0 Å². The molecule has 0 aliphatic heterocycles. The van der Waals surface area contributed by atoms with Gasteiger partial charge in [-0.3, -0.25) is 0 Å². The van der Waals surface area contributed by atoms with Crippen LogP contribution >= 0.6 is 45.9 Å². The zero-order chi connectivity index (χ0) is 23.4. The Hall–Kier alpha value is -2.18. The summed E-state index contributed by atoms with van der Waals surface area (Å²) in [5, 5.41) is 5.82. The summed E-state index contributed by atoms with van der Waals surface area (Å²) in [7, 11) is 3.26. The van der Waals surface area contributed by atoms with Gasteiger partial charge in [0.25, 0.3) is 0 Å². The second-order valence-electron chi connectivity index (χ2n) is 5.44. The summed E-state index contributed by atoms with van der Waals surface area (Å²) in [6.45, 7) is 2.08. The van der Waals surface area contributed by atoms with E-state index in [-0.39, 0.29) is 42.1 Å². The van der Waals surface area contributed by atoms with Crippen LogP contribution in [0.2, 0.25) is 10.0 Å². The Morgan fingerprint density at radius 2 is 1.24 bits per heavy atom. The molecule has 0 unspecified atom stereocenters. The van der Waals surface area contributed by atoms with Crippen LogP contribution in [-0.2, 0) is 19.2 Å². The van der Waals surface area contributed by atoms with Gasteiger partial charge >= 0.3 is 31.2 Å². The van der Waals surface area contributed by atoms with Crippen molar-refractivity contribution in [2.24, 2.45) is 0 Å². The molecule has 0 amide bonds. The van der Waals surface area contributed by atoms with E-state index in [9.17, 15) is 0 Å². The van der Waals surface area contributed by atoms with Gasteiger partial charge in [-0.1, -0.05) is 23.2 Å². The molecule has 0 bridgehead atoms. The van der Waals surface area contributed by atoms with Gasteiger partial charge in [-0.05, 0) is 59.5 Å². The molecule has 4 rings (SSSR count). The molecule has 0 radical (unpaired) electrons. The minimum atomic E-state index is 0. The standard InChI is InChI=1S/C10H9ClOS.C9H7ClOS.2CO2.Li.2H2O/c1-6-5-7-3-4-8(12-2)9(11)10(7)13-6;1-11-7-3-2-6-4-5-12-9(6)8(7)10;2*2-1-3;;;/h3-5H,1-2H3;2-5H,1H3;;;;2*1H2/q;;;;+1;;/p-1. The number of fused-ring (bicyclic) bond motifs is 2. The number of methoxy groups -OCH3 is 2. The fourth-order valence-corrected chi connectivity index (χ4v) is 4.99. The largest absolute Gasteiger partial charge is 1.00 e. The van der Waals surface area contributed by atoms with Gasteiger partial charge in [-0.15, -0.1) is 22.7 Å². The third kappa shape index (κ3) is 9.98. The number of aryl methyl sites for hydroxylation is 1. The van der Waals surface area contributed by atoms with E-state index < -0.39 is 0 Å². The van der Waals surface area contributed by atoms with Gasteiger partial charge in [0.2, 0.25) is 0 Å². The fraction of sp³-hybridized carbons (Fsp3) is 0.143. The molecule has 4 aromatic rings. The van der Waals surface area contributed by atoms with Crippen molar-refractivity contribution in [2.75, 3.05) is 14.2 Å². The van der Waals surface area contributed by atoms with Crippen molar-refractivity contribution in [2.45, 2.75) is 6.92 Å². The van der Waals surface area contributed by atoms with E-state index in [4.69, 9.17) is 51.9 Å². The Kier molecular flexibility index (Phi) is 20.5. The van der Waals surface area contributed by atoms with Crippen molar-refractivity contribution in [3.8, 4) is 11.5 Å². The van der Waals surface area contributed by atoms with Crippen LogP contribution in [-0.4, -0.2) is 37.5 Å². The number of halogens is 2. The molecule has 0 saturated heterocycles. The normalized spacial score (nSPS) is 8.26. The number of rotatable bonds is 2. The topological polar surface area (TPSA) is 148 Å². The number of benzene rings is 2. The van der Waals surface area contributed by atoms with Crippen LogP contribution in [0.4, 0.5) is 0 Å². The van der Waals surface area contributed by atoms with E-state index in [1.165, 1.54) is 15.6 Å². The summed E-state index contributed by atoms with van der Waals surface area (Å²) < 4.78 is 12.4. The molecule has 0 aliphatic rings. The van der Waals surface area contributed by atoms with Gasteiger partial charge in [0.1, 0.15) is 21.5 Å². The number of thiophene rings is 2.